The van der Waals surface area contributed by atoms with Crippen molar-refractivity contribution < 1.29 is 9.59 Å². The Kier molecular flexibility index (Phi) is 6.95. The largest absolute Gasteiger partial charge is 0.337 e. The number of halogens is 1. The van der Waals surface area contributed by atoms with Crippen molar-refractivity contribution in [1.29, 1.82) is 0 Å². The smallest absolute Gasteiger partial charge is 0.253 e. The SMILES string of the molecule is CN(Cc1cccc(Cl)c1)C(=O)c1ccc(NC(=O)CSc2nccn2C)cc1. The highest BCUT2D eigenvalue weighted by atomic mass is 35.5. The van der Waals surface area contributed by atoms with E-state index in [1.165, 1.54) is 11.8 Å². The maximum absolute atomic E-state index is 12.6. The fourth-order valence-corrected chi connectivity index (χ4v) is 3.66. The van der Waals surface area contributed by atoms with Crippen LogP contribution in [0.5, 0.6) is 0 Å². The summed E-state index contributed by atoms with van der Waals surface area (Å²) < 4.78 is 1.86. The Morgan fingerprint density at radius 3 is 2.62 bits per heavy atom. The number of nitrogens with zero attached hydrogens (tertiary/aromatic N) is 3. The summed E-state index contributed by atoms with van der Waals surface area (Å²) in [6.45, 7) is 0.461. The van der Waals surface area contributed by atoms with Crippen molar-refractivity contribution in [3.05, 3.63) is 77.1 Å². The van der Waals surface area contributed by atoms with Crippen LogP contribution in [0.2, 0.25) is 5.02 Å². The molecule has 29 heavy (non-hydrogen) atoms. The molecule has 1 aromatic heterocycles. The average Bonchev–Trinajstić information content (AvgIpc) is 3.11. The third-order valence-corrected chi connectivity index (χ3v) is 5.47. The first-order chi connectivity index (χ1) is 13.9. The van der Waals surface area contributed by atoms with Gasteiger partial charge in [-0.05, 0) is 42.0 Å². The van der Waals surface area contributed by atoms with Gasteiger partial charge in [0, 0.05) is 49.3 Å². The normalized spacial score (nSPS) is 10.6. The highest BCUT2D eigenvalue weighted by molar-refractivity contribution is 7.99. The van der Waals surface area contributed by atoms with Crippen LogP contribution < -0.4 is 5.32 Å². The molecule has 3 rings (SSSR count). The lowest BCUT2D eigenvalue weighted by molar-refractivity contribution is -0.113. The van der Waals surface area contributed by atoms with Gasteiger partial charge in [-0.1, -0.05) is 35.5 Å². The van der Waals surface area contributed by atoms with Crippen molar-refractivity contribution in [2.24, 2.45) is 7.05 Å². The predicted octanol–water partition coefficient (Wildman–Crippen LogP) is 4.08. The lowest BCUT2D eigenvalue weighted by Gasteiger charge is -2.17. The second kappa shape index (κ2) is 9.62. The molecule has 0 aliphatic carbocycles. The van der Waals surface area contributed by atoms with Gasteiger partial charge in [0.1, 0.15) is 0 Å². The molecule has 2 amide bonds. The molecule has 0 spiro atoms. The van der Waals surface area contributed by atoms with E-state index in [2.05, 4.69) is 10.3 Å². The zero-order chi connectivity index (χ0) is 20.8. The molecule has 0 atom stereocenters. The summed E-state index contributed by atoms with van der Waals surface area (Å²) >= 11 is 7.36. The summed E-state index contributed by atoms with van der Waals surface area (Å²) in [4.78, 5) is 30.5. The first kappa shape index (κ1) is 21.0. The molecular formula is C21H21ClN4O2S. The van der Waals surface area contributed by atoms with E-state index in [0.717, 1.165) is 10.7 Å². The van der Waals surface area contributed by atoms with Crippen molar-refractivity contribution in [1.82, 2.24) is 14.5 Å². The highest BCUT2D eigenvalue weighted by Crippen LogP contribution is 2.17. The molecule has 0 aliphatic rings. The minimum absolute atomic E-state index is 0.104. The fourth-order valence-electron chi connectivity index (χ4n) is 2.72. The standard InChI is InChI=1S/C21H21ClN4O2S/c1-25-11-10-23-21(25)29-14-19(27)24-18-8-6-16(7-9-18)20(28)26(2)13-15-4-3-5-17(22)12-15/h3-12H,13-14H2,1-2H3,(H,24,27). The average molecular weight is 429 g/mol. The van der Waals surface area contributed by atoms with Crippen LogP contribution in [0.15, 0.2) is 66.1 Å². The van der Waals surface area contributed by atoms with Gasteiger partial charge in [0.2, 0.25) is 5.91 Å². The van der Waals surface area contributed by atoms with Gasteiger partial charge < -0.3 is 14.8 Å². The monoisotopic (exact) mass is 428 g/mol. The zero-order valence-electron chi connectivity index (χ0n) is 16.1. The summed E-state index contributed by atoms with van der Waals surface area (Å²) in [5.41, 5.74) is 2.15. The minimum Gasteiger partial charge on any atom is -0.337 e. The van der Waals surface area contributed by atoms with E-state index in [-0.39, 0.29) is 17.6 Å². The van der Waals surface area contributed by atoms with Gasteiger partial charge in [-0.3, -0.25) is 9.59 Å². The van der Waals surface area contributed by atoms with Crippen LogP contribution in [-0.2, 0) is 18.4 Å². The molecule has 8 heteroatoms. The maximum Gasteiger partial charge on any atom is 0.253 e. The van der Waals surface area contributed by atoms with Gasteiger partial charge in [-0.2, -0.15) is 0 Å². The minimum atomic E-state index is -0.129. The van der Waals surface area contributed by atoms with Crippen LogP contribution in [-0.4, -0.2) is 39.1 Å². The van der Waals surface area contributed by atoms with Crippen LogP contribution in [0.4, 0.5) is 5.69 Å². The Bertz CT molecular complexity index is 1000. The maximum atomic E-state index is 12.6. The van der Waals surface area contributed by atoms with Crippen LogP contribution >= 0.6 is 23.4 Å². The molecule has 3 aromatic rings. The molecule has 2 aromatic carbocycles. The summed E-state index contributed by atoms with van der Waals surface area (Å²) in [6, 6.07) is 14.3. The van der Waals surface area contributed by atoms with Gasteiger partial charge in [0.15, 0.2) is 5.16 Å². The Morgan fingerprint density at radius 1 is 1.21 bits per heavy atom. The molecule has 0 saturated carbocycles. The number of anilines is 1. The van der Waals surface area contributed by atoms with Crippen molar-refractivity contribution in [2.45, 2.75) is 11.7 Å². The molecule has 6 nitrogen and oxygen atoms in total. The van der Waals surface area contributed by atoms with Crippen molar-refractivity contribution in [3.63, 3.8) is 0 Å². The van der Waals surface area contributed by atoms with Crippen molar-refractivity contribution in [3.8, 4) is 0 Å². The van der Waals surface area contributed by atoms with Crippen LogP contribution in [0.25, 0.3) is 0 Å². The van der Waals surface area contributed by atoms with E-state index in [1.54, 1.807) is 48.5 Å². The first-order valence-electron chi connectivity index (χ1n) is 8.92. The third kappa shape index (κ3) is 5.85. The van der Waals surface area contributed by atoms with Crippen LogP contribution in [0, 0.1) is 0 Å². The van der Waals surface area contributed by atoms with Gasteiger partial charge in [0.25, 0.3) is 5.91 Å². The lowest BCUT2D eigenvalue weighted by atomic mass is 10.1. The Hall–Kier alpha value is -2.77. The van der Waals surface area contributed by atoms with E-state index >= 15 is 0 Å². The molecule has 0 aliphatic heterocycles. The quantitative estimate of drug-likeness (QED) is 0.576. The highest BCUT2D eigenvalue weighted by Gasteiger charge is 2.13. The van der Waals surface area contributed by atoms with Gasteiger partial charge in [0.05, 0.1) is 5.75 Å². The van der Waals surface area contributed by atoms with Crippen molar-refractivity contribution in [2.75, 3.05) is 18.1 Å². The number of hydrogen-bond acceptors (Lipinski definition) is 4. The number of hydrogen-bond donors (Lipinski definition) is 1. The summed E-state index contributed by atoms with van der Waals surface area (Å²) in [5, 5.41) is 4.25. The molecule has 0 unspecified atom stereocenters. The first-order valence-corrected chi connectivity index (χ1v) is 10.3. The number of amides is 2. The zero-order valence-corrected chi connectivity index (χ0v) is 17.7. The number of aryl methyl sites for hydroxylation is 1. The lowest BCUT2D eigenvalue weighted by Crippen LogP contribution is -2.26. The fraction of sp³-hybridized carbons (Fsp3) is 0.190. The molecule has 0 radical (unpaired) electrons. The molecule has 1 heterocycles. The number of thioether (sulfide) groups is 1. The second-order valence-corrected chi connectivity index (χ2v) is 7.90. The Morgan fingerprint density at radius 2 is 1.97 bits per heavy atom. The molecule has 0 fully saturated rings. The predicted molar refractivity (Wildman–Crippen MR) is 116 cm³/mol. The third-order valence-electron chi connectivity index (χ3n) is 4.18. The number of aromatic nitrogens is 2. The number of imidazole rings is 1. The summed E-state index contributed by atoms with van der Waals surface area (Å²) in [7, 11) is 3.63. The molecule has 0 saturated heterocycles. The molecular weight excluding hydrogens is 408 g/mol. The Balaban J connectivity index is 1.54. The van der Waals surface area contributed by atoms with Gasteiger partial charge >= 0.3 is 0 Å². The number of nitrogens with one attached hydrogen (secondary N) is 1. The number of rotatable bonds is 7. The van der Waals surface area contributed by atoms with Gasteiger partial charge in [-0.15, -0.1) is 0 Å². The van der Waals surface area contributed by atoms with Gasteiger partial charge in [-0.25, -0.2) is 4.98 Å². The molecule has 150 valence electrons. The van der Waals surface area contributed by atoms with E-state index in [4.69, 9.17) is 11.6 Å². The van der Waals surface area contributed by atoms with E-state index in [0.29, 0.717) is 22.8 Å². The second-order valence-electron chi connectivity index (χ2n) is 6.53. The van der Waals surface area contributed by atoms with E-state index < -0.39 is 0 Å². The topological polar surface area (TPSA) is 67.2 Å². The molecule has 1 N–H and O–H groups in total. The van der Waals surface area contributed by atoms with E-state index in [1.807, 2.05) is 36.0 Å². The number of carbonyl (C=O) groups excluding carboxylic acids is 2. The number of carbonyl (C=O) groups is 2. The number of benzene rings is 2. The summed E-state index contributed by atoms with van der Waals surface area (Å²) in [6.07, 6.45) is 3.53. The van der Waals surface area contributed by atoms with Crippen molar-refractivity contribution >= 4 is 40.9 Å². The Labute approximate surface area is 178 Å². The molecule has 0 bridgehead atoms. The van der Waals surface area contributed by atoms with Crippen LogP contribution in [0.3, 0.4) is 0 Å². The van der Waals surface area contributed by atoms with E-state index in [9.17, 15) is 9.59 Å². The van der Waals surface area contributed by atoms with Crippen LogP contribution in [0.1, 0.15) is 15.9 Å². The summed E-state index contributed by atoms with van der Waals surface area (Å²) in [5.74, 6) is 0.0248.